The number of ether oxygens (including phenoxy) is 1. The minimum Gasteiger partial charge on any atom is -0.508 e. The number of methoxy groups -OCH3 is 1. The van der Waals surface area contributed by atoms with E-state index in [1.165, 1.54) is 24.8 Å². The first-order valence-electron chi connectivity index (χ1n) is 10.1. The maximum absolute atomic E-state index is 10.7. The van der Waals surface area contributed by atoms with Gasteiger partial charge in [0.15, 0.2) is 0 Å². The third-order valence-electron chi connectivity index (χ3n) is 6.65. The second-order valence-electron chi connectivity index (χ2n) is 8.14. The van der Waals surface area contributed by atoms with Crippen molar-refractivity contribution in [1.82, 2.24) is 0 Å². The normalized spacial score (nSPS) is 29.2. The van der Waals surface area contributed by atoms with Gasteiger partial charge < -0.3 is 14.9 Å². The first-order valence-corrected chi connectivity index (χ1v) is 10.1. The monoisotopic (exact) mass is 346 g/mol. The largest absolute Gasteiger partial charge is 0.508 e. The van der Waals surface area contributed by atoms with Crippen molar-refractivity contribution in [3.8, 4) is 5.75 Å². The van der Waals surface area contributed by atoms with Crippen molar-refractivity contribution < 1.29 is 14.9 Å². The van der Waals surface area contributed by atoms with E-state index in [0.717, 1.165) is 44.1 Å². The molecule has 0 aromatic heterocycles. The molecular weight excluding hydrogens is 312 g/mol. The molecule has 0 bridgehead atoms. The molecule has 1 saturated carbocycles. The van der Waals surface area contributed by atoms with Crippen molar-refractivity contribution in [1.29, 1.82) is 0 Å². The molecule has 3 rings (SSSR count). The molecule has 0 saturated heterocycles. The number of aliphatic hydroxyl groups is 1. The van der Waals surface area contributed by atoms with Crippen molar-refractivity contribution in [2.45, 2.75) is 76.9 Å². The summed E-state index contributed by atoms with van der Waals surface area (Å²) < 4.78 is 5.69. The summed E-state index contributed by atoms with van der Waals surface area (Å²) in [7, 11) is 1.82. The smallest absolute Gasteiger partial charge is 0.119 e. The Balaban J connectivity index is 1.61. The molecule has 5 atom stereocenters. The molecule has 2 aliphatic rings. The standard InChI is InChI=1S/C22H34O3/c1-3-4-5-8-17(25-2)10-11-18-19-12-15-7-6-9-21(23)20(15)13-16(19)14-22(18)24/h6-7,9,16-19,22-24H,3-5,8,10-14H2,1-2H3/t16-,17+,18+,19-,22+/m1/s1. The molecule has 2 aliphatic carbocycles. The highest BCUT2D eigenvalue weighted by molar-refractivity contribution is 5.42. The van der Waals surface area contributed by atoms with Gasteiger partial charge in [-0.05, 0) is 73.5 Å². The lowest BCUT2D eigenvalue weighted by molar-refractivity contribution is 0.0595. The average molecular weight is 347 g/mol. The van der Waals surface area contributed by atoms with Gasteiger partial charge in [-0.2, -0.15) is 0 Å². The van der Waals surface area contributed by atoms with Crippen molar-refractivity contribution >= 4 is 0 Å². The fourth-order valence-electron chi connectivity index (χ4n) is 5.20. The number of phenols is 1. The summed E-state index contributed by atoms with van der Waals surface area (Å²) in [5.74, 6) is 1.88. The Morgan fingerprint density at radius 2 is 2.04 bits per heavy atom. The Labute approximate surface area is 152 Å². The third-order valence-corrected chi connectivity index (χ3v) is 6.65. The van der Waals surface area contributed by atoms with Gasteiger partial charge in [-0.15, -0.1) is 0 Å². The Kier molecular flexibility index (Phi) is 6.40. The van der Waals surface area contributed by atoms with Crippen LogP contribution in [-0.2, 0) is 17.6 Å². The van der Waals surface area contributed by atoms with Crippen molar-refractivity contribution in [2.24, 2.45) is 17.8 Å². The molecule has 2 N–H and O–H groups in total. The summed E-state index contributed by atoms with van der Waals surface area (Å²) in [5, 5.41) is 20.8. The Hall–Kier alpha value is -1.06. The van der Waals surface area contributed by atoms with Gasteiger partial charge in [0.2, 0.25) is 0 Å². The van der Waals surface area contributed by atoms with Gasteiger partial charge in [0.1, 0.15) is 5.75 Å². The van der Waals surface area contributed by atoms with Gasteiger partial charge in [0.05, 0.1) is 12.2 Å². The van der Waals surface area contributed by atoms with Gasteiger partial charge >= 0.3 is 0 Å². The number of rotatable bonds is 8. The van der Waals surface area contributed by atoms with E-state index in [4.69, 9.17) is 4.74 Å². The molecule has 0 unspecified atom stereocenters. The molecular formula is C22H34O3. The van der Waals surface area contributed by atoms with Gasteiger partial charge in [-0.3, -0.25) is 0 Å². The van der Waals surface area contributed by atoms with Crippen LogP contribution in [0.1, 0.15) is 63.0 Å². The molecule has 3 nitrogen and oxygen atoms in total. The maximum atomic E-state index is 10.7. The van der Waals surface area contributed by atoms with Crippen LogP contribution in [0.25, 0.3) is 0 Å². The van der Waals surface area contributed by atoms with E-state index in [-0.39, 0.29) is 6.10 Å². The Morgan fingerprint density at radius 3 is 2.80 bits per heavy atom. The van der Waals surface area contributed by atoms with Crippen LogP contribution in [0, 0.1) is 17.8 Å². The SMILES string of the molecule is CCCCC[C@@H](CC[C@H]1[C@@H]2Cc3cccc(O)c3C[C@@H]2C[C@@H]1O)OC. The molecule has 0 amide bonds. The van der Waals surface area contributed by atoms with Crippen LogP contribution < -0.4 is 0 Å². The lowest BCUT2D eigenvalue weighted by atomic mass is 9.73. The number of benzene rings is 1. The predicted octanol–water partition coefficient (Wildman–Crippen LogP) is 4.48. The fourth-order valence-corrected chi connectivity index (χ4v) is 5.20. The maximum Gasteiger partial charge on any atom is 0.119 e. The zero-order valence-electron chi connectivity index (χ0n) is 15.8. The Bertz CT molecular complexity index is 556. The molecule has 1 fully saturated rings. The quantitative estimate of drug-likeness (QED) is 0.682. The number of unbranched alkanes of at least 4 members (excludes halogenated alkanes) is 2. The molecule has 0 radical (unpaired) electrons. The lowest BCUT2D eigenvalue weighted by Crippen LogP contribution is -2.28. The summed E-state index contributed by atoms with van der Waals surface area (Å²) in [5.41, 5.74) is 2.40. The molecule has 0 heterocycles. The summed E-state index contributed by atoms with van der Waals surface area (Å²) in [6.07, 6.45) is 9.95. The van der Waals surface area contributed by atoms with Gasteiger partial charge in [0.25, 0.3) is 0 Å². The first-order chi connectivity index (χ1) is 12.1. The van der Waals surface area contributed by atoms with E-state index in [1.54, 1.807) is 6.07 Å². The molecule has 1 aromatic rings. The van der Waals surface area contributed by atoms with Crippen LogP contribution in [0.4, 0.5) is 0 Å². The molecule has 1 aromatic carbocycles. The summed E-state index contributed by atoms with van der Waals surface area (Å²) in [6.45, 7) is 2.23. The van der Waals surface area contributed by atoms with E-state index in [0.29, 0.717) is 29.6 Å². The van der Waals surface area contributed by atoms with E-state index in [9.17, 15) is 10.2 Å². The number of phenolic OH excluding ortho intramolecular Hbond substituents is 1. The molecule has 0 aliphatic heterocycles. The second-order valence-corrected chi connectivity index (χ2v) is 8.14. The van der Waals surface area contributed by atoms with Gasteiger partial charge in [-0.25, -0.2) is 0 Å². The highest BCUT2D eigenvalue weighted by atomic mass is 16.5. The highest BCUT2D eigenvalue weighted by Crippen LogP contribution is 2.48. The number of aliphatic hydroxyl groups excluding tert-OH is 1. The van der Waals surface area contributed by atoms with Crippen molar-refractivity contribution in [3.63, 3.8) is 0 Å². The third kappa shape index (κ3) is 4.20. The van der Waals surface area contributed by atoms with E-state index in [1.807, 2.05) is 13.2 Å². The number of hydrogen-bond acceptors (Lipinski definition) is 3. The minimum absolute atomic E-state index is 0.195. The fraction of sp³-hybridized carbons (Fsp3) is 0.727. The van der Waals surface area contributed by atoms with Crippen LogP contribution >= 0.6 is 0 Å². The molecule has 140 valence electrons. The van der Waals surface area contributed by atoms with Crippen LogP contribution in [0.15, 0.2) is 18.2 Å². The zero-order valence-corrected chi connectivity index (χ0v) is 15.8. The highest BCUT2D eigenvalue weighted by Gasteiger charge is 2.44. The topological polar surface area (TPSA) is 49.7 Å². The molecule has 25 heavy (non-hydrogen) atoms. The number of aromatic hydroxyl groups is 1. The van der Waals surface area contributed by atoms with E-state index in [2.05, 4.69) is 13.0 Å². The van der Waals surface area contributed by atoms with E-state index >= 15 is 0 Å². The number of hydrogen-bond donors (Lipinski definition) is 2. The van der Waals surface area contributed by atoms with Gasteiger partial charge in [-0.1, -0.05) is 38.3 Å². The predicted molar refractivity (Wildman–Crippen MR) is 101 cm³/mol. The second kappa shape index (κ2) is 8.55. The van der Waals surface area contributed by atoms with Crippen LogP contribution in [0.3, 0.4) is 0 Å². The molecule has 3 heteroatoms. The average Bonchev–Trinajstić information content (AvgIpc) is 2.91. The van der Waals surface area contributed by atoms with Gasteiger partial charge in [0, 0.05) is 7.11 Å². The summed E-state index contributed by atoms with van der Waals surface area (Å²) in [6, 6.07) is 5.89. The van der Waals surface area contributed by atoms with Crippen LogP contribution in [-0.4, -0.2) is 29.5 Å². The first kappa shape index (κ1) is 18.7. The lowest BCUT2D eigenvalue weighted by Gasteiger charge is -2.32. The number of fused-ring (bicyclic) bond motifs is 2. The van der Waals surface area contributed by atoms with Crippen LogP contribution in [0.5, 0.6) is 5.75 Å². The Morgan fingerprint density at radius 1 is 1.20 bits per heavy atom. The van der Waals surface area contributed by atoms with E-state index < -0.39 is 0 Å². The van der Waals surface area contributed by atoms with Crippen LogP contribution in [0.2, 0.25) is 0 Å². The minimum atomic E-state index is -0.195. The zero-order chi connectivity index (χ0) is 17.8. The van der Waals surface area contributed by atoms with Crippen molar-refractivity contribution in [3.05, 3.63) is 29.3 Å². The summed E-state index contributed by atoms with van der Waals surface area (Å²) in [4.78, 5) is 0. The molecule has 0 spiro atoms. The van der Waals surface area contributed by atoms with Crippen molar-refractivity contribution in [2.75, 3.05) is 7.11 Å². The summed E-state index contributed by atoms with van der Waals surface area (Å²) >= 11 is 0.